The molecule has 1 aromatic heterocycles. The first-order valence-corrected chi connectivity index (χ1v) is 6.53. The minimum Gasteiger partial charge on any atom is -0.396 e. The largest absolute Gasteiger partial charge is 0.396 e. The number of benzene rings is 1. The van der Waals surface area contributed by atoms with Gasteiger partial charge in [-0.1, -0.05) is 24.3 Å². The van der Waals surface area contributed by atoms with E-state index in [1.165, 1.54) is 11.1 Å². The first-order chi connectivity index (χ1) is 8.59. The summed E-state index contributed by atoms with van der Waals surface area (Å²) in [5.74, 6) is 0. The van der Waals surface area contributed by atoms with Crippen LogP contribution >= 0.6 is 15.9 Å². The average Bonchev–Trinajstić information content (AvgIpc) is 2.32. The van der Waals surface area contributed by atoms with E-state index in [9.17, 15) is 0 Å². The number of nitrogens with zero attached hydrogens (tertiary/aromatic N) is 2. The second-order valence-corrected chi connectivity index (χ2v) is 5.20. The van der Waals surface area contributed by atoms with E-state index in [2.05, 4.69) is 57.0 Å². The molecule has 3 nitrogen and oxygen atoms in total. The molecule has 0 radical (unpaired) electrons. The fraction of sp³-hybridized carbons (Fsp3) is 0.214. The molecule has 4 heteroatoms. The number of aryl methyl sites for hydroxylation is 1. The van der Waals surface area contributed by atoms with Gasteiger partial charge in [0.25, 0.3) is 0 Å². The maximum atomic E-state index is 5.98. The van der Waals surface area contributed by atoms with Crippen LogP contribution < -0.4 is 10.6 Å². The van der Waals surface area contributed by atoms with Crippen molar-refractivity contribution in [1.29, 1.82) is 0 Å². The average molecular weight is 306 g/mol. The SMILES string of the molecule is Cc1ccccc1CN(C)c1c(N)cncc1Br. The van der Waals surface area contributed by atoms with Crippen molar-refractivity contribution < 1.29 is 0 Å². The van der Waals surface area contributed by atoms with E-state index in [-0.39, 0.29) is 0 Å². The minimum absolute atomic E-state index is 0.681. The van der Waals surface area contributed by atoms with E-state index in [1.807, 2.05) is 7.05 Å². The Hall–Kier alpha value is -1.55. The van der Waals surface area contributed by atoms with Gasteiger partial charge in [-0.05, 0) is 34.0 Å². The molecule has 2 rings (SSSR count). The number of anilines is 2. The molecular formula is C14H16BrN3. The number of aromatic nitrogens is 1. The fourth-order valence-electron chi connectivity index (χ4n) is 1.97. The van der Waals surface area contributed by atoms with Crippen LogP contribution in [0.5, 0.6) is 0 Å². The van der Waals surface area contributed by atoms with Gasteiger partial charge in [0.1, 0.15) is 0 Å². The minimum atomic E-state index is 0.681. The lowest BCUT2D eigenvalue weighted by molar-refractivity contribution is 0.911. The highest BCUT2D eigenvalue weighted by Gasteiger charge is 2.11. The molecule has 0 fully saturated rings. The van der Waals surface area contributed by atoms with Crippen LogP contribution in [-0.4, -0.2) is 12.0 Å². The van der Waals surface area contributed by atoms with Crippen LogP contribution in [0.15, 0.2) is 41.1 Å². The van der Waals surface area contributed by atoms with Crippen molar-refractivity contribution in [3.63, 3.8) is 0 Å². The highest BCUT2D eigenvalue weighted by molar-refractivity contribution is 9.10. The molecule has 0 aliphatic carbocycles. The second kappa shape index (κ2) is 5.40. The third-order valence-electron chi connectivity index (χ3n) is 2.95. The molecule has 0 spiro atoms. The molecule has 2 aromatic rings. The van der Waals surface area contributed by atoms with Gasteiger partial charge in [-0.3, -0.25) is 4.98 Å². The summed E-state index contributed by atoms with van der Waals surface area (Å²) < 4.78 is 0.915. The van der Waals surface area contributed by atoms with Gasteiger partial charge in [0.2, 0.25) is 0 Å². The maximum Gasteiger partial charge on any atom is 0.0776 e. The van der Waals surface area contributed by atoms with Crippen LogP contribution in [0.1, 0.15) is 11.1 Å². The van der Waals surface area contributed by atoms with Gasteiger partial charge in [-0.2, -0.15) is 0 Å². The molecule has 0 saturated heterocycles. The summed E-state index contributed by atoms with van der Waals surface area (Å²) >= 11 is 3.50. The van der Waals surface area contributed by atoms with Gasteiger partial charge < -0.3 is 10.6 Å². The van der Waals surface area contributed by atoms with Crippen LogP contribution in [0.3, 0.4) is 0 Å². The molecule has 1 aromatic carbocycles. The quantitative estimate of drug-likeness (QED) is 0.945. The predicted octanol–water partition coefficient (Wildman–Crippen LogP) is 3.37. The Kier molecular flexibility index (Phi) is 3.87. The number of halogens is 1. The summed E-state index contributed by atoms with van der Waals surface area (Å²) in [6, 6.07) is 8.36. The van der Waals surface area contributed by atoms with Crippen LogP contribution in [0, 0.1) is 6.92 Å². The van der Waals surface area contributed by atoms with Crippen molar-refractivity contribution >= 4 is 27.3 Å². The Balaban J connectivity index is 2.28. The Morgan fingerprint density at radius 3 is 2.67 bits per heavy atom. The van der Waals surface area contributed by atoms with Crippen LogP contribution in [-0.2, 0) is 6.54 Å². The van der Waals surface area contributed by atoms with Gasteiger partial charge in [-0.25, -0.2) is 0 Å². The number of nitrogens with two attached hydrogens (primary N) is 1. The molecule has 0 aliphatic heterocycles. The molecule has 0 amide bonds. The van der Waals surface area contributed by atoms with Crippen molar-refractivity contribution in [2.45, 2.75) is 13.5 Å². The highest BCUT2D eigenvalue weighted by Crippen LogP contribution is 2.31. The van der Waals surface area contributed by atoms with Gasteiger partial charge in [0, 0.05) is 19.8 Å². The monoisotopic (exact) mass is 305 g/mol. The summed E-state index contributed by atoms with van der Waals surface area (Å²) in [5.41, 5.74) is 10.2. The van der Waals surface area contributed by atoms with Gasteiger partial charge >= 0.3 is 0 Å². The first-order valence-electron chi connectivity index (χ1n) is 5.74. The smallest absolute Gasteiger partial charge is 0.0776 e. The van der Waals surface area contributed by atoms with Gasteiger partial charge in [-0.15, -0.1) is 0 Å². The number of hydrogen-bond acceptors (Lipinski definition) is 3. The lowest BCUT2D eigenvalue weighted by Gasteiger charge is -2.23. The van der Waals surface area contributed by atoms with Crippen molar-refractivity contribution in [2.75, 3.05) is 17.7 Å². The predicted molar refractivity (Wildman–Crippen MR) is 79.6 cm³/mol. The van der Waals surface area contributed by atoms with Gasteiger partial charge in [0.05, 0.1) is 22.0 Å². The number of nitrogen functional groups attached to an aromatic ring is 1. The van der Waals surface area contributed by atoms with Crippen molar-refractivity contribution in [1.82, 2.24) is 4.98 Å². The molecule has 0 bridgehead atoms. The van der Waals surface area contributed by atoms with E-state index in [0.717, 1.165) is 16.7 Å². The molecule has 0 aliphatic rings. The zero-order valence-corrected chi connectivity index (χ0v) is 12.1. The summed E-state index contributed by atoms with van der Waals surface area (Å²) in [6.45, 7) is 2.94. The Morgan fingerprint density at radius 1 is 1.28 bits per heavy atom. The standard InChI is InChI=1S/C14H16BrN3/c1-10-5-3-4-6-11(10)9-18(2)14-12(15)7-17-8-13(14)16/h3-8H,9,16H2,1-2H3. The number of pyridine rings is 1. The Morgan fingerprint density at radius 2 is 2.00 bits per heavy atom. The maximum absolute atomic E-state index is 5.98. The molecule has 0 unspecified atom stereocenters. The molecule has 1 heterocycles. The van der Waals surface area contributed by atoms with Crippen LogP contribution in [0.25, 0.3) is 0 Å². The lowest BCUT2D eigenvalue weighted by atomic mass is 10.1. The molecular weight excluding hydrogens is 290 g/mol. The Bertz CT molecular complexity index is 534. The number of hydrogen-bond donors (Lipinski definition) is 1. The molecule has 0 atom stereocenters. The van der Waals surface area contributed by atoms with E-state index in [1.54, 1.807) is 12.4 Å². The Labute approximate surface area is 116 Å². The summed E-state index contributed by atoms with van der Waals surface area (Å²) in [5, 5.41) is 0. The topological polar surface area (TPSA) is 42.1 Å². The normalized spacial score (nSPS) is 10.4. The second-order valence-electron chi connectivity index (χ2n) is 4.34. The molecule has 2 N–H and O–H groups in total. The summed E-state index contributed by atoms with van der Waals surface area (Å²) in [6.07, 6.45) is 3.44. The van der Waals surface area contributed by atoms with E-state index >= 15 is 0 Å². The van der Waals surface area contributed by atoms with E-state index in [4.69, 9.17) is 5.73 Å². The van der Waals surface area contributed by atoms with Crippen LogP contribution in [0.2, 0.25) is 0 Å². The summed E-state index contributed by atoms with van der Waals surface area (Å²) in [4.78, 5) is 6.18. The van der Waals surface area contributed by atoms with E-state index < -0.39 is 0 Å². The van der Waals surface area contributed by atoms with Gasteiger partial charge in [0.15, 0.2) is 0 Å². The van der Waals surface area contributed by atoms with E-state index in [0.29, 0.717) is 5.69 Å². The van der Waals surface area contributed by atoms with Crippen LogP contribution in [0.4, 0.5) is 11.4 Å². The number of rotatable bonds is 3. The molecule has 18 heavy (non-hydrogen) atoms. The van der Waals surface area contributed by atoms with Crippen molar-refractivity contribution in [2.24, 2.45) is 0 Å². The third-order valence-corrected chi connectivity index (χ3v) is 3.53. The zero-order valence-electron chi connectivity index (χ0n) is 10.5. The van der Waals surface area contributed by atoms with Crippen molar-refractivity contribution in [3.8, 4) is 0 Å². The fourth-order valence-corrected chi connectivity index (χ4v) is 2.62. The first kappa shape index (κ1) is 12.9. The highest BCUT2D eigenvalue weighted by atomic mass is 79.9. The lowest BCUT2D eigenvalue weighted by Crippen LogP contribution is -2.19. The molecule has 0 saturated carbocycles. The molecule has 94 valence electrons. The summed E-state index contributed by atoms with van der Waals surface area (Å²) in [7, 11) is 2.03. The third kappa shape index (κ3) is 2.64. The zero-order chi connectivity index (χ0) is 13.1. The van der Waals surface area contributed by atoms with Crippen molar-refractivity contribution in [3.05, 3.63) is 52.3 Å².